The lowest BCUT2D eigenvalue weighted by molar-refractivity contribution is 0.0947. The fourth-order valence-corrected chi connectivity index (χ4v) is 5.93. The van der Waals surface area contributed by atoms with Crippen molar-refractivity contribution in [2.24, 2.45) is 7.05 Å². The SMILES string of the molecule is Cn1cc(CN2CC[C@@H](c3c(C(=O)NCCO)sc4ncccc34)C2)c2ccccc21. The smallest absolute Gasteiger partial charge is 0.261 e. The number of hydrogen-bond acceptors (Lipinski definition) is 5. The van der Waals surface area contributed by atoms with Gasteiger partial charge in [-0.2, -0.15) is 0 Å². The summed E-state index contributed by atoms with van der Waals surface area (Å²) in [6.45, 7) is 3.03. The van der Waals surface area contributed by atoms with Gasteiger partial charge in [-0.05, 0) is 36.2 Å². The normalized spacial score (nSPS) is 17.0. The van der Waals surface area contributed by atoms with Crippen LogP contribution in [0, 0.1) is 0 Å². The summed E-state index contributed by atoms with van der Waals surface area (Å²) in [7, 11) is 2.10. The van der Waals surface area contributed by atoms with Crippen LogP contribution in [-0.2, 0) is 13.6 Å². The van der Waals surface area contributed by atoms with Crippen molar-refractivity contribution in [2.45, 2.75) is 18.9 Å². The Balaban J connectivity index is 1.42. The van der Waals surface area contributed by atoms with Crippen LogP contribution < -0.4 is 5.32 Å². The van der Waals surface area contributed by atoms with Gasteiger partial charge in [0.05, 0.1) is 11.5 Å². The lowest BCUT2D eigenvalue weighted by Gasteiger charge is -2.16. The number of nitrogens with one attached hydrogen (secondary N) is 1. The third kappa shape index (κ3) is 3.73. The average molecular weight is 435 g/mol. The summed E-state index contributed by atoms with van der Waals surface area (Å²) in [5.74, 6) is 0.183. The van der Waals surface area contributed by atoms with Crippen LogP contribution in [0.15, 0.2) is 48.8 Å². The van der Waals surface area contributed by atoms with E-state index in [-0.39, 0.29) is 19.1 Å². The highest BCUT2D eigenvalue weighted by molar-refractivity contribution is 7.20. The molecule has 2 N–H and O–H groups in total. The van der Waals surface area contributed by atoms with E-state index >= 15 is 0 Å². The lowest BCUT2D eigenvalue weighted by atomic mass is 9.95. The summed E-state index contributed by atoms with van der Waals surface area (Å²) in [6, 6.07) is 12.5. The van der Waals surface area contributed by atoms with Gasteiger partial charge < -0.3 is 15.0 Å². The van der Waals surface area contributed by atoms with Crippen molar-refractivity contribution in [3.63, 3.8) is 0 Å². The van der Waals surface area contributed by atoms with Crippen LogP contribution in [0.1, 0.15) is 33.1 Å². The number of fused-ring (bicyclic) bond motifs is 2. The molecule has 31 heavy (non-hydrogen) atoms. The van der Waals surface area contributed by atoms with Crippen LogP contribution in [0.25, 0.3) is 21.1 Å². The highest BCUT2D eigenvalue weighted by Gasteiger charge is 2.31. The predicted molar refractivity (Wildman–Crippen MR) is 125 cm³/mol. The Hall–Kier alpha value is -2.74. The van der Waals surface area contributed by atoms with Crippen LogP contribution in [-0.4, -0.2) is 51.7 Å². The Bertz CT molecular complexity index is 1250. The number of rotatable bonds is 6. The number of carbonyl (C=O) groups excluding carboxylic acids is 1. The summed E-state index contributed by atoms with van der Waals surface area (Å²) in [5, 5.41) is 14.3. The summed E-state index contributed by atoms with van der Waals surface area (Å²) in [6.07, 6.45) is 5.03. The molecule has 0 bridgehead atoms. The number of nitrogens with zero attached hydrogens (tertiary/aromatic N) is 3. The van der Waals surface area contributed by atoms with Crippen LogP contribution in [0.2, 0.25) is 0 Å². The van der Waals surface area contributed by atoms with Crippen molar-refractivity contribution in [1.29, 1.82) is 0 Å². The van der Waals surface area contributed by atoms with E-state index < -0.39 is 0 Å². The number of likely N-dealkylation sites (tertiary alicyclic amines) is 1. The van der Waals surface area contributed by atoms with Gasteiger partial charge >= 0.3 is 0 Å². The van der Waals surface area contributed by atoms with E-state index in [1.807, 2.05) is 6.07 Å². The molecule has 0 radical (unpaired) electrons. The van der Waals surface area contributed by atoms with E-state index in [0.717, 1.165) is 46.7 Å². The molecule has 1 atom stereocenters. The van der Waals surface area contributed by atoms with Gasteiger partial charge in [-0.15, -0.1) is 11.3 Å². The molecule has 4 aromatic rings. The number of thiophene rings is 1. The minimum Gasteiger partial charge on any atom is -0.395 e. The third-order valence-corrected chi connectivity index (χ3v) is 7.29. The van der Waals surface area contributed by atoms with Gasteiger partial charge in [-0.25, -0.2) is 4.98 Å². The molecule has 1 saturated heterocycles. The van der Waals surface area contributed by atoms with Crippen molar-refractivity contribution in [3.8, 4) is 0 Å². The Morgan fingerprint density at radius 2 is 2.10 bits per heavy atom. The van der Waals surface area contributed by atoms with Gasteiger partial charge in [0.2, 0.25) is 0 Å². The number of amides is 1. The van der Waals surface area contributed by atoms with Gasteiger partial charge in [-0.3, -0.25) is 9.69 Å². The van der Waals surface area contributed by atoms with E-state index in [1.54, 1.807) is 6.20 Å². The molecule has 4 heterocycles. The molecule has 0 unspecified atom stereocenters. The minimum absolute atomic E-state index is 0.0630. The van der Waals surface area contributed by atoms with E-state index in [4.69, 9.17) is 5.11 Å². The first kappa shape index (κ1) is 20.2. The molecule has 0 saturated carbocycles. The van der Waals surface area contributed by atoms with Gasteiger partial charge in [0.25, 0.3) is 5.91 Å². The van der Waals surface area contributed by atoms with Gasteiger partial charge in [0, 0.05) is 61.3 Å². The maximum absolute atomic E-state index is 12.8. The van der Waals surface area contributed by atoms with E-state index in [2.05, 4.69) is 63.3 Å². The fraction of sp³-hybridized carbons (Fsp3) is 0.333. The molecule has 160 valence electrons. The Labute approximate surface area is 185 Å². The maximum Gasteiger partial charge on any atom is 0.261 e. The number of carbonyl (C=O) groups is 1. The zero-order valence-corrected chi connectivity index (χ0v) is 18.4. The number of aromatic nitrogens is 2. The molecule has 3 aromatic heterocycles. The van der Waals surface area contributed by atoms with E-state index in [0.29, 0.717) is 5.92 Å². The number of hydrogen-bond donors (Lipinski definition) is 2. The topological polar surface area (TPSA) is 70.4 Å². The van der Waals surface area contributed by atoms with Crippen molar-refractivity contribution < 1.29 is 9.90 Å². The van der Waals surface area contributed by atoms with Gasteiger partial charge in [-0.1, -0.05) is 24.3 Å². The molecule has 7 heteroatoms. The average Bonchev–Trinajstić information content (AvgIpc) is 3.48. The second-order valence-electron chi connectivity index (χ2n) is 8.18. The minimum atomic E-state index is -0.112. The first-order valence-electron chi connectivity index (χ1n) is 10.7. The lowest BCUT2D eigenvalue weighted by Crippen LogP contribution is -2.27. The Kier molecular flexibility index (Phi) is 5.48. The first-order chi connectivity index (χ1) is 15.2. The molecule has 1 fully saturated rings. The van der Waals surface area contributed by atoms with E-state index in [1.165, 1.54) is 27.8 Å². The number of aliphatic hydroxyl groups is 1. The largest absolute Gasteiger partial charge is 0.395 e. The number of para-hydroxylation sites is 1. The van der Waals surface area contributed by atoms with Crippen molar-refractivity contribution in [1.82, 2.24) is 19.8 Å². The predicted octanol–water partition coefficient (Wildman–Crippen LogP) is 3.50. The molecule has 0 spiro atoms. The third-order valence-electron chi connectivity index (χ3n) is 6.16. The summed E-state index contributed by atoms with van der Waals surface area (Å²) in [4.78, 5) is 21.4. The van der Waals surface area contributed by atoms with Crippen LogP contribution in [0.5, 0.6) is 0 Å². The molecular formula is C24H26N4O2S. The second kappa shape index (κ2) is 8.42. The number of aryl methyl sites for hydroxylation is 1. The highest BCUT2D eigenvalue weighted by atomic mass is 32.1. The van der Waals surface area contributed by atoms with Crippen molar-refractivity contribution in [2.75, 3.05) is 26.2 Å². The molecule has 6 nitrogen and oxygen atoms in total. The van der Waals surface area contributed by atoms with Crippen LogP contribution in [0.4, 0.5) is 0 Å². The number of benzene rings is 1. The Morgan fingerprint density at radius 1 is 1.26 bits per heavy atom. The fourth-order valence-electron chi connectivity index (χ4n) is 4.78. The van der Waals surface area contributed by atoms with Crippen molar-refractivity contribution in [3.05, 3.63) is 64.8 Å². The second-order valence-corrected chi connectivity index (χ2v) is 9.18. The first-order valence-corrected chi connectivity index (χ1v) is 11.5. The zero-order valence-electron chi connectivity index (χ0n) is 17.5. The quantitative estimate of drug-likeness (QED) is 0.487. The van der Waals surface area contributed by atoms with Crippen molar-refractivity contribution >= 4 is 38.4 Å². The monoisotopic (exact) mass is 434 g/mol. The Morgan fingerprint density at radius 3 is 2.97 bits per heavy atom. The number of aliphatic hydroxyl groups excluding tert-OH is 1. The summed E-state index contributed by atoms with van der Waals surface area (Å²) in [5.41, 5.74) is 3.71. The molecule has 1 aliphatic heterocycles. The van der Waals surface area contributed by atoms with Crippen LogP contribution >= 0.6 is 11.3 Å². The summed E-state index contributed by atoms with van der Waals surface area (Å²) >= 11 is 1.45. The maximum atomic E-state index is 12.8. The van der Waals surface area contributed by atoms with Gasteiger partial charge in [0.1, 0.15) is 4.83 Å². The molecule has 0 aliphatic carbocycles. The zero-order chi connectivity index (χ0) is 21.4. The van der Waals surface area contributed by atoms with E-state index in [9.17, 15) is 4.79 Å². The molecule has 1 aliphatic rings. The molecule has 5 rings (SSSR count). The van der Waals surface area contributed by atoms with Gasteiger partial charge in [0.15, 0.2) is 0 Å². The van der Waals surface area contributed by atoms with Crippen LogP contribution in [0.3, 0.4) is 0 Å². The summed E-state index contributed by atoms with van der Waals surface area (Å²) < 4.78 is 2.19. The molecule has 1 aromatic carbocycles. The molecular weight excluding hydrogens is 408 g/mol. The number of pyridine rings is 1. The standard InChI is InChI=1S/C24H26N4O2S/c1-27-13-17(18-5-2-3-7-20(18)27)15-28-11-8-16(14-28)21-19-6-4-9-26-24(19)31-22(21)23(30)25-10-12-29/h2-7,9,13,16,29H,8,10-12,14-15H2,1H3,(H,25,30)/t16-/m1/s1. The molecule has 1 amide bonds. The highest BCUT2D eigenvalue weighted by Crippen LogP contribution is 2.40.